The molecule has 0 radical (unpaired) electrons. The van der Waals surface area contributed by atoms with Crippen LogP contribution in [0.15, 0.2) is 18.2 Å². The Kier molecular flexibility index (Phi) is 3.67. The maximum Gasteiger partial charge on any atom is 0.0395 e. The number of benzene rings is 1. The van der Waals surface area contributed by atoms with Gasteiger partial charge in [-0.2, -0.15) is 0 Å². The van der Waals surface area contributed by atoms with Gasteiger partial charge in [-0.25, -0.2) is 0 Å². The first-order valence-electron chi connectivity index (χ1n) is 6.07. The minimum atomic E-state index is 0.236. The van der Waals surface area contributed by atoms with Gasteiger partial charge in [0.25, 0.3) is 0 Å². The van der Waals surface area contributed by atoms with Crippen molar-refractivity contribution in [1.82, 2.24) is 0 Å². The van der Waals surface area contributed by atoms with Crippen LogP contribution in [0.1, 0.15) is 45.7 Å². The first kappa shape index (κ1) is 13.1. The lowest BCUT2D eigenvalue weighted by molar-refractivity contribution is 0.589. The van der Waals surface area contributed by atoms with Gasteiger partial charge in [0, 0.05) is 18.8 Å². The van der Waals surface area contributed by atoms with Gasteiger partial charge in [0.2, 0.25) is 0 Å². The van der Waals surface area contributed by atoms with Crippen molar-refractivity contribution < 1.29 is 0 Å². The van der Waals surface area contributed by atoms with Gasteiger partial charge >= 0.3 is 0 Å². The molecule has 1 aromatic carbocycles. The average Bonchev–Trinajstić information content (AvgIpc) is 2.15. The Hall–Kier alpha value is -0.980. The summed E-state index contributed by atoms with van der Waals surface area (Å²) in [5.74, 6) is 0. The Labute approximate surface area is 100 Å². The highest BCUT2D eigenvalue weighted by Gasteiger charge is 2.15. The monoisotopic (exact) mass is 219 g/mol. The molecule has 0 fully saturated rings. The summed E-state index contributed by atoms with van der Waals surface area (Å²) in [5, 5.41) is 0. The zero-order chi connectivity index (χ0) is 12.5. The van der Waals surface area contributed by atoms with Crippen molar-refractivity contribution >= 4 is 5.69 Å². The Balaban J connectivity index is 3.10. The molecular weight excluding hydrogens is 194 g/mol. The highest BCUT2D eigenvalue weighted by Crippen LogP contribution is 2.28. The third kappa shape index (κ3) is 2.78. The molecule has 16 heavy (non-hydrogen) atoms. The van der Waals surface area contributed by atoms with Crippen LogP contribution in [-0.2, 0) is 5.41 Å². The molecule has 0 aromatic heterocycles. The Morgan fingerprint density at radius 3 is 2.06 bits per heavy atom. The van der Waals surface area contributed by atoms with Crippen LogP contribution in [0.4, 0.5) is 5.69 Å². The Morgan fingerprint density at radius 2 is 1.69 bits per heavy atom. The minimum Gasteiger partial charge on any atom is -0.372 e. The van der Waals surface area contributed by atoms with Crippen LogP contribution in [0.3, 0.4) is 0 Å². The van der Waals surface area contributed by atoms with Gasteiger partial charge in [-0.1, -0.05) is 32.9 Å². The van der Waals surface area contributed by atoms with E-state index in [0.29, 0.717) is 6.04 Å². The molecule has 0 aliphatic carbocycles. The van der Waals surface area contributed by atoms with E-state index in [-0.39, 0.29) is 5.41 Å². The molecule has 0 spiro atoms. The maximum absolute atomic E-state index is 2.32. The van der Waals surface area contributed by atoms with Gasteiger partial charge in [-0.15, -0.1) is 0 Å². The molecule has 90 valence electrons. The van der Waals surface area contributed by atoms with Crippen LogP contribution in [0.5, 0.6) is 0 Å². The highest BCUT2D eigenvalue weighted by molar-refractivity contribution is 5.55. The zero-order valence-electron chi connectivity index (χ0n) is 11.8. The van der Waals surface area contributed by atoms with Crippen molar-refractivity contribution in [2.45, 2.75) is 53.0 Å². The Morgan fingerprint density at radius 1 is 1.12 bits per heavy atom. The summed E-state index contributed by atoms with van der Waals surface area (Å²) < 4.78 is 0. The van der Waals surface area contributed by atoms with Gasteiger partial charge < -0.3 is 4.90 Å². The normalized spacial score (nSPS) is 12.0. The molecule has 0 atom stereocenters. The van der Waals surface area contributed by atoms with Gasteiger partial charge in [-0.3, -0.25) is 0 Å². The van der Waals surface area contributed by atoms with E-state index in [4.69, 9.17) is 0 Å². The predicted molar refractivity (Wildman–Crippen MR) is 73.4 cm³/mol. The number of rotatable bonds is 2. The van der Waals surface area contributed by atoms with Gasteiger partial charge in [0.05, 0.1) is 0 Å². The van der Waals surface area contributed by atoms with Crippen LogP contribution < -0.4 is 4.90 Å². The van der Waals surface area contributed by atoms with E-state index < -0.39 is 0 Å². The maximum atomic E-state index is 2.32. The molecule has 0 N–H and O–H groups in total. The van der Waals surface area contributed by atoms with Crippen LogP contribution in [0.2, 0.25) is 0 Å². The number of anilines is 1. The minimum absolute atomic E-state index is 0.236. The summed E-state index contributed by atoms with van der Waals surface area (Å²) in [6.07, 6.45) is 0. The number of hydrogen-bond donors (Lipinski definition) is 0. The van der Waals surface area contributed by atoms with Gasteiger partial charge in [-0.05, 0) is 43.4 Å². The number of nitrogens with zero attached hydrogens (tertiary/aromatic N) is 1. The fourth-order valence-electron chi connectivity index (χ4n) is 1.80. The van der Waals surface area contributed by atoms with E-state index >= 15 is 0 Å². The van der Waals surface area contributed by atoms with E-state index in [2.05, 4.69) is 71.7 Å². The van der Waals surface area contributed by atoms with Crippen LogP contribution in [0, 0.1) is 6.92 Å². The molecule has 0 saturated heterocycles. The van der Waals surface area contributed by atoms with Crippen molar-refractivity contribution in [3.8, 4) is 0 Å². The summed E-state index contributed by atoms with van der Waals surface area (Å²) >= 11 is 0. The molecule has 0 aliphatic heterocycles. The van der Waals surface area contributed by atoms with Crippen molar-refractivity contribution in [3.05, 3.63) is 29.3 Å². The van der Waals surface area contributed by atoms with Crippen molar-refractivity contribution in [3.63, 3.8) is 0 Å². The standard InChI is InChI=1S/C15H25N/c1-11(2)16(7)14-9-8-13(10-12(14)3)15(4,5)6/h8-11H,1-7H3. The first-order valence-corrected chi connectivity index (χ1v) is 6.07. The molecule has 0 amide bonds. The first-order chi connectivity index (χ1) is 7.23. The molecule has 0 heterocycles. The largest absolute Gasteiger partial charge is 0.372 e. The van der Waals surface area contributed by atoms with Gasteiger partial charge in [0.1, 0.15) is 0 Å². The molecule has 1 heteroatoms. The van der Waals surface area contributed by atoms with Gasteiger partial charge in [0.15, 0.2) is 0 Å². The summed E-state index contributed by atoms with van der Waals surface area (Å²) in [5.41, 5.74) is 4.34. The highest BCUT2D eigenvalue weighted by atomic mass is 15.1. The quantitative estimate of drug-likeness (QED) is 0.722. The van der Waals surface area contributed by atoms with Crippen LogP contribution in [-0.4, -0.2) is 13.1 Å². The third-order valence-corrected chi connectivity index (χ3v) is 3.22. The molecule has 0 bridgehead atoms. The third-order valence-electron chi connectivity index (χ3n) is 3.22. The summed E-state index contributed by atoms with van der Waals surface area (Å²) in [7, 11) is 2.16. The molecule has 1 nitrogen and oxygen atoms in total. The molecule has 0 unspecified atom stereocenters. The lowest BCUT2D eigenvalue weighted by Crippen LogP contribution is -2.26. The van der Waals surface area contributed by atoms with E-state index in [1.54, 1.807) is 0 Å². The smallest absolute Gasteiger partial charge is 0.0395 e. The number of hydrogen-bond acceptors (Lipinski definition) is 1. The number of aryl methyl sites for hydroxylation is 1. The van der Waals surface area contributed by atoms with E-state index in [1.165, 1.54) is 16.8 Å². The second-order valence-electron chi connectivity index (χ2n) is 5.96. The predicted octanol–water partition coefficient (Wildman–Crippen LogP) is 4.14. The van der Waals surface area contributed by atoms with Crippen LogP contribution in [0.25, 0.3) is 0 Å². The van der Waals surface area contributed by atoms with Crippen molar-refractivity contribution in [1.29, 1.82) is 0 Å². The topological polar surface area (TPSA) is 3.24 Å². The van der Waals surface area contributed by atoms with E-state index in [1.807, 2.05) is 0 Å². The zero-order valence-corrected chi connectivity index (χ0v) is 11.8. The molecule has 0 saturated carbocycles. The van der Waals surface area contributed by atoms with Crippen molar-refractivity contribution in [2.75, 3.05) is 11.9 Å². The average molecular weight is 219 g/mol. The molecule has 1 rings (SSSR count). The van der Waals surface area contributed by atoms with Crippen molar-refractivity contribution in [2.24, 2.45) is 0 Å². The SMILES string of the molecule is Cc1cc(C(C)(C)C)ccc1N(C)C(C)C. The second kappa shape index (κ2) is 4.48. The lowest BCUT2D eigenvalue weighted by Gasteiger charge is -2.27. The molecule has 0 aliphatic rings. The van der Waals surface area contributed by atoms with E-state index in [9.17, 15) is 0 Å². The Bertz CT molecular complexity index is 358. The molecular formula is C15H25N. The van der Waals surface area contributed by atoms with E-state index in [0.717, 1.165) is 0 Å². The van der Waals surface area contributed by atoms with Crippen LogP contribution >= 0.6 is 0 Å². The fourth-order valence-corrected chi connectivity index (χ4v) is 1.80. The molecule has 1 aromatic rings. The summed E-state index contributed by atoms with van der Waals surface area (Å²) in [6.45, 7) is 13.4. The lowest BCUT2D eigenvalue weighted by atomic mass is 9.86. The summed E-state index contributed by atoms with van der Waals surface area (Å²) in [6, 6.07) is 7.35. The fraction of sp³-hybridized carbons (Fsp3) is 0.600. The summed E-state index contributed by atoms with van der Waals surface area (Å²) in [4.78, 5) is 2.32. The second-order valence-corrected chi connectivity index (χ2v) is 5.96.